The van der Waals surface area contributed by atoms with Crippen molar-refractivity contribution in [3.63, 3.8) is 0 Å². The van der Waals surface area contributed by atoms with Gasteiger partial charge in [0.2, 0.25) is 0 Å². The van der Waals surface area contributed by atoms with Gasteiger partial charge in [-0.2, -0.15) is 0 Å². The molecule has 1 aliphatic rings. The number of methoxy groups -OCH3 is 1. The van der Waals surface area contributed by atoms with Crippen LogP contribution < -0.4 is 15.4 Å². The number of aliphatic imine (C=N–C) groups is 1. The Bertz CT molecular complexity index is 502. The monoisotopic (exact) mass is 433 g/mol. The minimum absolute atomic E-state index is 0. The van der Waals surface area contributed by atoms with E-state index in [1.807, 2.05) is 18.2 Å². The third-order valence-corrected chi connectivity index (χ3v) is 3.83. The second-order valence-electron chi connectivity index (χ2n) is 5.80. The maximum atomic E-state index is 5.80. The first-order chi connectivity index (χ1) is 10.6. The quantitative estimate of drug-likeness (QED) is 0.412. The molecule has 1 fully saturated rings. The molecule has 23 heavy (non-hydrogen) atoms. The van der Waals surface area contributed by atoms with Crippen LogP contribution in [0.15, 0.2) is 29.3 Å². The molecule has 2 N–H and O–H groups in total. The number of hydrogen-bond acceptors (Lipinski definition) is 3. The van der Waals surface area contributed by atoms with E-state index in [1.54, 1.807) is 7.11 Å². The molecule has 0 bridgehead atoms. The van der Waals surface area contributed by atoms with E-state index >= 15 is 0 Å². The highest BCUT2D eigenvalue weighted by molar-refractivity contribution is 14.0. The largest absolute Gasteiger partial charge is 0.497 e. The molecule has 1 aliphatic heterocycles. The lowest BCUT2D eigenvalue weighted by Gasteiger charge is -2.24. The van der Waals surface area contributed by atoms with E-state index in [4.69, 9.17) is 9.47 Å². The van der Waals surface area contributed by atoms with Crippen LogP contribution in [0, 0.1) is 0 Å². The highest BCUT2D eigenvalue weighted by Gasteiger charge is 2.29. The molecule has 1 saturated heterocycles. The van der Waals surface area contributed by atoms with Crippen molar-refractivity contribution in [1.29, 1.82) is 0 Å². The van der Waals surface area contributed by atoms with Gasteiger partial charge in [0, 0.05) is 19.7 Å². The molecule has 6 heteroatoms. The molecular weight excluding hydrogens is 405 g/mol. The zero-order valence-corrected chi connectivity index (χ0v) is 16.6. The van der Waals surface area contributed by atoms with Crippen molar-refractivity contribution < 1.29 is 9.47 Å². The van der Waals surface area contributed by atoms with Gasteiger partial charge < -0.3 is 20.1 Å². The number of halogens is 1. The SMILES string of the molecule is CCNC(=NCc1cccc(OC)c1)NCC1(C)CCCO1.I. The second kappa shape index (κ2) is 9.97. The van der Waals surface area contributed by atoms with Crippen molar-refractivity contribution in [2.75, 3.05) is 26.8 Å². The lowest BCUT2D eigenvalue weighted by Crippen LogP contribution is -2.45. The molecule has 0 saturated carbocycles. The Hall–Kier alpha value is -1.02. The highest BCUT2D eigenvalue weighted by Crippen LogP contribution is 2.23. The molecule has 1 aromatic carbocycles. The maximum absolute atomic E-state index is 5.80. The van der Waals surface area contributed by atoms with Crippen LogP contribution in [0.2, 0.25) is 0 Å². The summed E-state index contributed by atoms with van der Waals surface area (Å²) in [6.07, 6.45) is 2.23. The number of ether oxygens (including phenoxy) is 2. The third-order valence-electron chi connectivity index (χ3n) is 3.83. The fourth-order valence-electron chi connectivity index (χ4n) is 2.53. The molecule has 1 aromatic rings. The Kier molecular flexibility index (Phi) is 8.68. The van der Waals surface area contributed by atoms with Gasteiger partial charge in [0.15, 0.2) is 5.96 Å². The molecule has 1 atom stereocenters. The van der Waals surface area contributed by atoms with Gasteiger partial charge in [0.25, 0.3) is 0 Å². The van der Waals surface area contributed by atoms with E-state index in [2.05, 4.69) is 35.5 Å². The molecule has 1 unspecified atom stereocenters. The Morgan fingerprint density at radius 3 is 2.87 bits per heavy atom. The highest BCUT2D eigenvalue weighted by atomic mass is 127. The summed E-state index contributed by atoms with van der Waals surface area (Å²) >= 11 is 0. The number of nitrogens with zero attached hydrogens (tertiary/aromatic N) is 1. The lowest BCUT2D eigenvalue weighted by molar-refractivity contribution is 0.0243. The summed E-state index contributed by atoms with van der Waals surface area (Å²) in [7, 11) is 1.68. The van der Waals surface area contributed by atoms with E-state index in [0.717, 1.165) is 49.8 Å². The molecule has 5 nitrogen and oxygen atoms in total. The van der Waals surface area contributed by atoms with E-state index < -0.39 is 0 Å². The molecule has 2 rings (SSSR count). The van der Waals surface area contributed by atoms with Crippen LogP contribution in [0.25, 0.3) is 0 Å². The van der Waals surface area contributed by atoms with Crippen LogP contribution >= 0.6 is 24.0 Å². The molecular formula is C17H28IN3O2. The zero-order valence-electron chi connectivity index (χ0n) is 14.2. The number of guanidine groups is 1. The van der Waals surface area contributed by atoms with Gasteiger partial charge in [0.05, 0.1) is 19.3 Å². The first kappa shape index (κ1) is 20.0. The first-order valence-corrected chi connectivity index (χ1v) is 7.94. The molecule has 1 heterocycles. The summed E-state index contributed by atoms with van der Waals surface area (Å²) in [5, 5.41) is 6.66. The Morgan fingerprint density at radius 1 is 1.39 bits per heavy atom. The predicted octanol–water partition coefficient (Wildman–Crippen LogP) is 2.94. The average molecular weight is 433 g/mol. The minimum Gasteiger partial charge on any atom is -0.497 e. The number of benzene rings is 1. The number of rotatable bonds is 6. The second-order valence-corrected chi connectivity index (χ2v) is 5.80. The van der Waals surface area contributed by atoms with E-state index in [-0.39, 0.29) is 29.6 Å². The Balaban J connectivity index is 0.00000264. The van der Waals surface area contributed by atoms with Gasteiger partial charge in [-0.1, -0.05) is 12.1 Å². The minimum atomic E-state index is -0.0772. The van der Waals surface area contributed by atoms with Crippen molar-refractivity contribution in [2.45, 2.75) is 38.8 Å². The average Bonchev–Trinajstić information content (AvgIpc) is 2.97. The van der Waals surface area contributed by atoms with Crippen molar-refractivity contribution in [1.82, 2.24) is 10.6 Å². The third kappa shape index (κ3) is 6.55. The molecule has 130 valence electrons. The predicted molar refractivity (Wildman–Crippen MR) is 105 cm³/mol. The number of hydrogen-bond donors (Lipinski definition) is 2. The normalized spacial score (nSPS) is 20.7. The zero-order chi connectivity index (χ0) is 15.8. The van der Waals surface area contributed by atoms with Crippen LogP contribution in [0.3, 0.4) is 0 Å². The van der Waals surface area contributed by atoms with Crippen molar-refractivity contribution >= 4 is 29.9 Å². The van der Waals surface area contributed by atoms with Crippen molar-refractivity contribution in [3.8, 4) is 5.75 Å². The molecule has 0 spiro atoms. The molecule has 0 aliphatic carbocycles. The van der Waals surface area contributed by atoms with E-state index in [9.17, 15) is 0 Å². The van der Waals surface area contributed by atoms with Gasteiger partial charge in [0.1, 0.15) is 5.75 Å². The lowest BCUT2D eigenvalue weighted by atomic mass is 10.0. The molecule has 0 aromatic heterocycles. The van der Waals surface area contributed by atoms with Crippen LogP contribution in [0.1, 0.15) is 32.3 Å². The van der Waals surface area contributed by atoms with Crippen LogP contribution in [0.5, 0.6) is 5.75 Å². The summed E-state index contributed by atoms with van der Waals surface area (Å²) in [5.41, 5.74) is 1.05. The Morgan fingerprint density at radius 2 is 2.22 bits per heavy atom. The maximum Gasteiger partial charge on any atom is 0.191 e. The summed E-state index contributed by atoms with van der Waals surface area (Å²) in [6, 6.07) is 7.98. The fourth-order valence-corrected chi connectivity index (χ4v) is 2.53. The standard InChI is InChI=1S/C17H27N3O2.HI/c1-4-18-16(20-13-17(2)9-6-10-22-17)19-12-14-7-5-8-15(11-14)21-3;/h5,7-8,11H,4,6,9-10,12-13H2,1-3H3,(H2,18,19,20);1H. The summed E-state index contributed by atoms with van der Waals surface area (Å²) < 4.78 is 11.0. The summed E-state index contributed by atoms with van der Waals surface area (Å²) in [4.78, 5) is 4.63. The van der Waals surface area contributed by atoms with Crippen LogP contribution in [-0.4, -0.2) is 38.4 Å². The topological polar surface area (TPSA) is 54.9 Å². The van der Waals surface area contributed by atoms with Gasteiger partial charge in [-0.3, -0.25) is 0 Å². The van der Waals surface area contributed by atoms with Crippen molar-refractivity contribution in [3.05, 3.63) is 29.8 Å². The van der Waals surface area contributed by atoms with Crippen molar-refractivity contribution in [2.24, 2.45) is 4.99 Å². The first-order valence-electron chi connectivity index (χ1n) is 7.94. The number of nitrogens with one attached hydrogen (secondary N) is 2. The molecule has 0 amide bonds. The van der Waals surface area contributed by atoms with Crippen LogP contribution in [0.4, 0.5) is 0 Å². The Labute approximate surface area is 156 Å². The smallest absolute Gasteiger partial charge is 0.191 e. The van der Waals surface area contributed by atoms with Gasteiger partial charge in [-0.25, -0.2) is 4.99 Å². The van der Waals surface area contributed by atoms with Crippen LogP contribution in [-0.2, 0) is 11.3 Å². The fraction of sp³-hybridized carbons (Fsp3) is 0.588. The van der Waals surface area contributed by atoms with E-state index in [1.165, 1.54) is 0 Å². The van der Waals surface area contributed by atoms with E-state index in [0.29, 0.717) is 6.54 Å². The molecule has 0 radical (unpaired) electrons. The summed E-state index contributed by atoms with van der Waals surface area (Å²) in [6.45, 7) is 7.30. The van der Waals surface area contributed by atoms with Gasteiger partial charge >= 0.3 is 0 Å². The van der Waals surface area contributed by atoms with Gasteiger partial charge in [-0.05, 0) is 44.4 Å². The summed E-state index contributed by atoms with van der Waals surface area (Å²) in [5.74, 6) is 1.68. The van der Waals surface area contributed by atoms with Gasteiger partial charge in [-0.15, -0.1) is 24.0 Å².